The molecule has 1 fully saturated rings. The average molecular weight is 477 g/mol. The Labute approximate surface area is 184 Å². The van der Waals surface area contributed by atoms with Gasteiger partial charge in [0.2, 0.25) is 0 Å². The first-order valence-electron chi connectivity index (χ1n) is 9.70. The number of nitrogens with zero attached hydrogens (tertiary/aromatic N) is 1. The maximum absolute atomic E-state index is 12.4. The summed E-state index contributed by atoms with van der Waals surface area (Å²) in [5, 5.41) is 3.36. The minimum Gasteiger partial charge on any atom is -0.465 e. The zero-order valence-corrected chi connectivity index (χ0v) is 18.4. The molecule has 1 saturated heterocycles. The summed E-state index contributed by atoms with van der Waals surface area (Å²) in [4.78, 5) is 25.8. The van der Waals surface area contributed by atoms with Crippen LogP contribution in [-0.4, -0.2) is 56.4 Å². The number of ether oxygens (including phenoxy) is 3. The molecule has 1 aliphatic heterocycles. The Hall–Kier alpha value is -2.42. The van der Waals surface area contributed by atoms with E-state index in [0.29, 0.717) is 38.4 Å². The molecule has 1 N–H and O–H groups in total. The number of esters is 1. The predicted octanol–water partition coefficient (Wildman–Crippen LogP) is 3.36. The monoisotopic (exact) mass is 476 g/mol. The molecule has 0 unspecified atom stereocenters. The summed E-state index contributed by atoms with van der Waals surface area (Å²) in [7, 11) is 1.35. The minimum absolute atomic E-state index is 0.00518. The van der Waals surface area contributed by atoms with E-state index < -0.39 is 0 Å². The van der Waals surface area contributed by atoms with Gasteiger partial charge in [-0.15, -0.1) is 0 Å². The third kappa shape index (κ3) is 6.29. The number of rotatable bonds is 7. The lowest BCUT2D eigenvalue weighted by atomic mass is 10.1. The van der Waals surface area contributed by atoms with Crippen LogP contribution in [0.5, 0.6) is 0 Å². The lowest BCUT2D eigenvalue weighted by Crippen LogP contribution is -2.54. The minimum atomic E-state index is -0.387. The van der Waals surface area contributed by atoms with Crippen LogP contribution >= 0.6 is 15.9 Å². The fraction of sp³-hybridized carbons (Fsp3) is 0.364. The number of halogens is 1. The fourth-order valence-corrected chi connectivity index (χ4v) is 3.52. The van der Waals surface area contributed by atoms with Gasteiger partial charge in [-0.1, -0.05) is 46.3 Å². The predicted molar refractivity (Wildman–Crippen MR) is 115 cm³/mol. The van der Waals surface area contributed by atoms with Crippen molar-refractivity contribution in [1.82, 2.24) is 10.2 Å². The molecular weight excluding hydrogens is 452 g/mol. The molecule has 0 radical (unpaired) electrons. The molecule has 160 valence electrons. The zero-order valence-electron chi connectivity index (χ0n) is 16.8. The summed E-state index contributed by atoms with van der Waals surface area (Å²) in [6.45, 7) is 2.80. The summed E-state index contributed by atoms with van der Waals surface area (Å²) in [5.41, 5.74) is 2.29. The van der Waals surface area contributed by atoms with E-state index >= 15 is 0 Å². The normalized spacial score (nSPS) is 16.2. The molecule has 2 aromatic rings. The maximum atomic E-state index is 12.4. The van der Waals surface area contributed by atoms with Crippen molar-refractivity contribution in [2.24, 2.45) is 0 Å². The maximum Gasteiger partial charge on any atom is 0.410 e. The number of piperazine rings is 1. The summed E-state index contributed by atoms with van der Waals surface area (Å²) >= 11 is 3.48. The van der Waals surface area contributed by atoms with Gasteiger partial charge in [0.05, 0.1) is 25.9 Å². The van der Waals surface area contributed by atoms with Crippen LogP contribution in [0.4, 0.5) is 4.79 Å². The molecule has 0 saturated carbocycles. The number of methoxy groups -OCH3 is 1. The number of carbonyl (C=O) groups excluding carboxylic acids is 2. The second kappa shape index (κ2) is 11.1. The third-order valence-corrected chi connectivity index (χ3v) is 5.54. The number of carbonyl (C=O) groups is 2. The van der Waals surface area contributed by atoms with Gasteiger partial charge in [0.1, 0.15) is 6.61 Å². The number of hydrogen-bond donors (Lipinski definition) is 1. The lowest BCUT2D eigenvalue weighted by molar-refractivity contribution is 0.0557. The van der Waals surface area contributed by atoms with Crippen molar-refractivity contribution in [3.63, 3.8) is 0 Å². The summed E-state index contributed by atoms with van der Waals surface area (Å²) in [6.07, 6.45) is -0.320. The molecule has 0 aliphatic carbocycles. The van der Waals surface area contributed by atoms with Crippen LogP contribution in [0.25, 0.3) is 0 Å². The van der Waals surface area contributed by atoms with Crippen molar-refractivity contribution in [2.45, 2.75) is 19.3 Å². The highest BCUT2D eigenvalue weighted by atomic mass is 79.9. The van der Waals surface area contributed by atoms with Gasteiger partial charge in [0.15, 0.2) is 0 Å². The van der Waals surface area contributed by atoms with E-state index in [1.165, 1.54) is 7.11 Å². The van der Waals surface area contributed by atoms with E-state index in [0.717, 1.165) is 15.6 Å². The molecule has 3 rings (SSSR count). The first kappa shape index (κ1) is 22.3. The van der Waals surface area contributed by atoms with Gasteiger partial charge >= 0.3 is 12.1 Å². The van der Waals surface area contributed by atoms with Crippen LogP contribution in [0, 0.1) is 0 Å². The molecule has 1 heterocycles. The SMILES string of the molecule is COC(=O)c1ccc(Br)c(COC[C@@H]2CN(C(=O)OCc3ccccc3)CCN2)c1. The molecule has 2 aromatic carbocycles. The molecule has 0 spiro atoms. The molecule has 0 bridgehead atoms. The summed E-state index contributed by atoms with van der Waals surface area (Å²) < 4.78 is 16.9. The molecule has 30 heavy (non-hydrogen) atoms. The van der Waals surface area contributed by atoms with Gasteiger partial charge in [-0.3, -0.25) is 0 Å². The molecule has 1 atom stereocenters. The van der Waals surface area contributed by atoms with E-state index in [9.17, 15) is 9.59 Å². The van der Waals surface area contributed by atoms with Gasteiger partial charge in [0, 0.05) is 30.1 Å². The van der Waals surface area contributed by atoms with Gasteiger partial charge in [-0.05, 0) is 29.3 Å². The molecule has 0 aromatic heterocycles. The second-order valence-electron chi connectivity index (χ2n) is 6.95. The molecular formula is C22H25BrN2O5. The van der Waals surface area contributed by atoms with Crippen molar-refractivity contribution in [3.8, 4) is 0 Å². The topological polar surface area (TPSA) is 77.1 Å². The Balaban J connectivity index is 1.46. The Kier molecular flexibility index (Phi) is 8.24. The average Bonchev–Trinajstić information content (AvgIpc) is 2.79. The summed E-state index contributed by atoms with van der Waals surface area (Å²) in [5.74, 6) is -0.387. The lowest BCUT2D eigenvalue weighted by Gasteiger charge is -2.32. The number of hydrogen-bond acceptors (Lipinski definition) is 6. The Bertz CT molecular complexity index is 862. The van der Waals surface area contributed by atoms with Crippen LogP contribution in [0.2, 0.25) is 0 Å². The third-order valence-electron chi connectivity index (χ3n) is 4.76. The highest BCUT2D eigenvalue weighted by Crippen LogP contribution is 2.20. The van der Waals surface area contributed by atoms with Gasteiger partial charge in [0.25, 0.3) is 0 Å². The van der Waals surface area contributed by atoms with E-state index in [4.69, 9.17) is 14.2 Å². The Morgan fingerprint density at radius 2 is 1.97 bits per heavy atom. The Morgan fingerprint density at radius 1 is 1.17 bits per heavy atom. The quantitative estimate of drug-likeness (QED) is 0.617. The molecule has 8 heteroatoms. The first-order chi connectivity index (χ1) is 14.6. The zero-order chi connectivity index (χ0) is 21.3. The van der Waals surface area contributed by atoms with Gasteiger partial charge in [-0.2, -0.15) is 0 Å². The second-order valence-corrected chi connectivity index (χ2v) is 7.80. The Morgan fingerprint density at radius 3 is 2.73 bits per heavy atom. The number of nitrogens with one attached hydrogen (secondary N) is 1. The van der Waals surface area contributed by atoms with Crippen molar-refractivity contribution >= 4 is 28.0 Å². The van der Waals surface area contributed by atoms with E-state index in [1.54, 1.807) is 23.1 Å². The van der Waals surface area contributed by atoms with E-state index in [2.05, 4.69) is 21.2 Å². The smallest absolute Gasteiger partial charge is 0.410 e. The van der Waals surface area contributed by atoms with Crippen LogP contribution < -0.4 is 5.32 Å². The molecule has 1 aliphatic rings. The largest absolute Gasteiger partial charge is 0.465 e. The van der Waals surface area contributed by atoms with Crippen LogP contribution in [0.3, 0.4) is 0 Å². The van der Waals surface area contributed by atoms with Crippen LogP contribution in [0.1, 0.15) is 21.5 Å². The summed E-state index contributed by atoms with van der Waals surface area (Å²) in [6, 6.07) is 14.9. The van der Waals surface area contributed by atoms with E-state index in [1.807, 2.05) is 30.3 Å². The standard InChI is InChI=1S/C22H25BrN2O5/c1-28-21(26)17-7-8-20(23)18(11-17)14-29-15-19-12-25(10-9-24-19)22(27)30-13-16-5-3-2-4-6-16/h2-8,11,19,24H,9-10,12-15H2,1H3/t19-/m0/s1. The highest BCUT2D eigenvalue weighted by molar-refractivity contribution is 9.10. The van der Waals surface area contributed by atoms with Gasteiger partial charge < -0.3 is 24.4 Å². The van der Waals surface area contributed by atoms with Crippen LogP contribution in [0.15, 0.2) is 53.0 Å². The molecule has 1 amide bonds. The highest BCUT2D eigenvalue weighted by Gasteiger charge is 2.24. The van der Waals surface area contributed by atoms with Gasteiger partial charge in [-0.25, -0.2) is 9.59 Å². The van der Waals surface area contributed by atoms with Crippen molar-refractivity contribution in [1.29, 1.82) is 0 Å². The number of benzene rings is 2. The van der Waals surface area contributed by atoms with Crippen molar-refractivity contribution in [2.75, 3.05) is 33.4 Å². The first-order valence-corrected chi connectivity index (χ1v) is 10.5. The van der Waals surface area contributed by atoms with E-state index in [-0.39, 0.29) is 24.7 Å². The fourth-order valence-electron chi connectivity index (χ4n) is 3.15. The number of amides is 1. The van der Waals surface area contributed by atoms with Crippen LogP contribution in [-0.2, 0) is 27.4 Å². The van der Waals surface area contributed by atoms with Crippen molar-refractivity contribution < 1.29 is 23.8 Å². The molecule has 7 nitrogen and oxygen atoms in total. The van der Waals surface area contributed by atoms with Crippen molar-refractivity contribution in [3.05, 3.63) is 69.7 Å².